The van der Waals surface area contributed by atoms with Crippen LogP contribution in [-0.2, 0) is 6.54 Å². The Morgan fingerprint density at radius 2 is 1.94 bits per heavy atom. The van der Waals surface area contributed by atoms with Crippen LogP contribution in [0.4, 0.5) is 5.69 Å². The van der Waals surface area contributed by atoms with Crippen LogP contribution in [0.5, 0.6) is 0 Å². The Morgan fingerprint density at radius 3 is 2.35 bits per heavy atom. The van der Waals surface area contributed by atoms with Crippen molar-refractivity contribution in [3.05, 3.63) is 28.8 Å². The van der Waals surface area contributed by atoms with E-state index in [-0.39, 0.29) is 5.41 Å². The molecule has 2 N–H and O–H groups in total. The highest BCUT2D eigenvalue weighted by Gasteiger charge is 2.24. The summed E-state index contributed by atoms with van der Waals surface area (Å²) in [6.45, 7) is 9.43. The fourth-order valence-corrected chi connectivity index (χ4v) is 1.98. The molecule has 1 unspecified atom stereocenters. The Morgan fingerprint density at radius 1 is 1.35 bits per heavy atom. The van der Waals surface area contributed by atoms with Crippen molar-refractivity contribution in [3.63, 3.8) is 0 Å². The minimum Gasteiger partial charge on any atom is -0.371 e. The van der Waals surface area contributed by atoms with E-state index >= 15 is 0 Å². The third-order valence-electron chi connectivity index (χ3n) is 3.50. The van der Waals surface area contributed by atoms with Crippen molar-refractivity contribution in [3.8, 4) is 0 Å². The van der Waals surface area contributed by atoms with E-state index in [0.29, 0.717) is 12.6 Å². The fraction of sp³-hybridized carbons (Fsp3) is 0.571. The van der Waals surface area contributed by atoms with Gasteiger partial charge in [-0.1, -0.05) is 38.4 Å². The molecule has 0 amide bonds. The van der Waals surface area contributed by atoms with Crippen molar-refractivity contribution in [1.82, 2.24) is 0 Å². The molecule has 1 rings (SSSR count). The minimum atomic E-state index is 0.230. The zero-order valence-electron chi connectivity index (χ0n) is 11.4. The third-order valence-corrected chi connectivity index (χ3v) is 3.85. The molecule has 0 aliphatic heterocycles. The van der Waals surface area contributed by atoms with E-state index in [2.05, 4.69) is 45.7 Å². The molecule has 0 saturated carbocycles. The van der Waals surface area contributed by atoms with E-state index < -0.39 is 0 Å². The van der Waals surface area contributed by atoms with Gasteiger partial charge in [-0.05, 0) is 30.0 Å². The number of rotatable bonds is 3. The molecule has 0 saturated heterocycles. The van der Waals surface area contributed by atoms with Crippen molar-refractivity contribution in [2.75, 3.05) is 11.9 Å². The lowest BCUT2D eigenvalue weighted by atomic mass is 9.87. The molecule has 0 bridgehead atoms. The zero-order valence-corrected chi connectivity index (χ0v) is 12.2. The van der Waals surface area contributed by atoms with Gasteiger partial charge in [0.2, 0.25) is 0 Å². The van der Waals surface area contributed by atoms with Gasteiger partial charge in [0.1, 0.15) is 0 Å². The Labute approximate surface area is 110 Å². The Hall–Kier alpha value is -0.730. The van der Waals surface area contributed by atoms with Gasteiger partial charge in [-0.25, -0.2) is 0 Å². The van der Waals surface area contributed by atoms with E-state index in [1.54, 1.807) is 0 Å². The summed E-state index contributed by atoms with van der Waals surface area (Å²) in [6.07, 6.45) is 0. The second kappa shape index (κ2) is 5.28. The molecule has 96 valence electrons. The van der Waals surface area contributed by atoms with Gasteiger partial charge in [-0.3, -0.25) is 0 Å². The molecule has 0 fully saturated rings. The maximum Gasteiger partial charge on any atom is 0.0471 e. The standard InChI is InChI=1S/C14H23ClN2/c1-10(14(2,3)4)17(5)12-7-6-11(9-16)13(15)8-12/h6-8,10H,9,16H2,1-5H3. The smallest absolute Gasteiger partial charge is 0.0471 e. The number of hydrogen-bond donors (Lipinski definition) is 1. The first-order chi connectivity index (χ1) is 7.77. The highest BCUT2D eigenvalue weighted by molar-refractivity contribution is 6.31. The summed E-state index contributed by atoms with van der Waals surface area (Å²) in [4.78, 5) is 2.26. The molecule has 17 heavy (non-hydrogen) atoms. The molecule has 1 aromatic carbocycles. The monoisotopic (exact) mass is 254 g/mol. The summed E-state index contributed by atoms with van der Waals surface area (Å²) in [5, 5.41) is 0.748. The van der Waals surface area contributed by atoms with Crippen LogP contribution in [0.1, 0.15) is 33.3 Å². The molecule has 0 aliphatic carbocycles. The number of halogens is 1. The van der Waals surface area contributed by atoms with E-state index in [1.165, 1.54) is 0 Å². The van der Waals surface area contributed by atoms with Gasteiger partial charge in [0.25, 0.3) is 0 Å². The van der Waals surface area contributed by atoms with Crippen LogP contribution in [0.15, 0.2) is 18.2 Å². The van der Waals surface area contributed by atoms with Gasteiger partial charge < -0.3 is 10.6 Å². The van der Waals surface area contributed by atoms with E-state index in [4.69, 9.17) is 17.3 Å². The third kappa shape index (κ3) is 3.36. The second-order valence-electron chi connectivity index (χ2n) is 5.63. The first-order valence-electron chi connectivity index (χ1n) is 5.98. The zero-order chi connectivity index (χ0) is 13.2. The van der Waals surface area contributed by atoms with Crippen LogP contribution in [0, 0.1) is 5.41 Å². The van der Waals surface area contributed by atoms with E-state index in [9.17, 15) is 0 Å². The van der Waals surface area contributed by atoms with Crippen LogP contribution in [0.3, 0.4) is 0 Å². The van der Waals surface area contributed by atoms with E-state index in [0.717, 1.165) is 16.3 Å². The molecule has 0 aromatic heterocycles. The van der Waals surface area contributed by atoms with Crippen molar-refractivity contribution in [2.45, 2.75) is 40.3 Å². The van der Waals surface area contributed by atoms with E-state index in [1.807, 2.05) is 12.1 Å². The molecular formula is C14H23ClN2. The molecule has 0 heterocycles. The van der Waals surface area contributed by atoms with Gasteiger partial charge in [-0.15, -0.1) is 0 Å². The average molecular weight is 255 g/mol. The van der Waals surface area contributed by atoms with Crippen LogP contribution in [0.2, 0.25) is 5.02 Å². The summed E-state index contributed by atoms with van der Waals surface area (Å²) < 4.78 is 0. The lowest BCUT2D eigenvalue weighted by Gasteiger charge is -2.37. The maximum atomic E-state index is 6.19. The van der Waals surface area contributed by atoms with Crippen LogP contribution in [0.25, 0.3) is 0 Å². The summed E-state index contributed by atoms with van der Waals surface area (Å²) in [5.41, 5.74) is 7.96. The largest absolute Gasteiger partial charge is 0.371 e. The van der Waals surface area contributed by atoms with Crippen molar-refractivity contribution in [1.29, 1.82) is 0 Å². The summed E-state index contributed by atoms with van der Waals surface area (Å²) in [7, 11) is 2.10. The van der Waals surface area contributed by atoms with Gasteiger partial charge >= 0.3 is 0 Å². The van der Waals surface area contributed by atoms with Crippen LogP contribution < -0.4 is 10.6 Å². The van der Waals surface area contributed by atoms with Gasteiger partial charge in [-0.2, -0.15) is 0 Å². The normalized spacial score (nSPS) is 13.6. The average Bonchev–Trinajstić information content (AvgIpc) is 2.25. The number of anilines is 1. The number of nitrogens with zero attached hydrogens (tertiary/aromatic N) is 1. The first-order valence-corrected chi connectivity index (χ1v) is 6.36. The molecule has 2 nitrogen and oxygen atoms in total. The second-order valence-corrected chi connectivity index (χ2v) is 6.04. The summed E-state index contributed by atoms with van der Waals surface area (Å²) in [6, 6.07) is 6.51. The quantitative estimate of drug-likeness (QED) is 0.892. The van der Waals surface area contributed by atoms with Gasteiger partial charge in [0, 0.05) is 30.3 Å². The van der Waals surface area contributed by atoms with Crippen LogP contribution >= 0.6 is 11.6 Å². The number of benzene rings is 1. The molecule has 1 aromatic rings. The molecule has 1 atom stereocenters. The minimum absolute atomic E-state index is 0.230. The first kappa shape index (κ1) is 14.3. The predicted molar refractivity (Wildman–Crippen MR) is 76.7 cm³/mol. The van der Waals surface area contributed by atoms with Gasteiger partial charge in [0.05, 0.1) is 0 Å². The SMILES string of the molecule is CC(N(C)c1ccc(CN)c(Cl)c1)C(C)(C)C. The molecule has 0 aliphatic rings. The lowest BCUT2D eigenvalue weighted by Crippen LogP contribution is -2.39. The summed E-state index contributed by atoms with van der Waals surface area (Å²) in [5.74, 6) is 0. The lowest BCUT2D eigenvalue weighted by molar-refractivity contribution is 0.330. The maximum absolute atomic E-state index is 6.19. The van der Waals surface area contributed by atoms with Crippen molar-refractivity contribution in [2.24, 2.45) is 11.1 Å². The number of hydrogen-bond acceptors (Lipinski definition) is 2. The van der Waals surface area contributed by atoms with Crippen molar-refractivity contribution >= 4 is 17.3 Å². The molecule has 3 heteroatoms. The molecular weight excluding hydrogens is 232 g/mol. The Bertz CT molecular complexity index is 382. The Balaban J connectivity index is 2.97. The predicted octanol–water partition coefficient (Wildman–Crippen LogP) is 3.67. The van der Waals surface area contributed by atoms with Crippen LogP contribution in [-0.4, -0.2) is 13.1 Å². The number of nitrogens with two attached hydrogens (primary N) is 1. The topological polar surface area (TPSA) is 29.3 Å². The fourth-order valence-electron chi connectivity index (χ4n) is 1.73. The molecule has 0 spiro atoms. The van der Waals surface area contributed by atoms with Gasteiger partial charge in [0.15, 0.2) is 0 Å². The summed E-state index contributed by atoms with van der Waals surface area (Å²) >= 11 is 6.19. The van der Waals surface area contributed by atoms with Crippen molar-refractivity contribution < 1.29 is 0 Å². The highest BCUT2D eigenvalue weighted by Crippen LogP contribution is 2.29. The Kier molecular flexibility index (Phi) is 4.45. The molecule has 0 radical (unpaired) electrons. The highest BCUT2D eigenvalue weighted by atomic mass is 35.5.